The molecule has 8 nitrogen and oxygen atoms in total. The number of hydrogen-bond acceptors (Lipinski definition) is 5. The smallest absolute Gasteiger partial charge is 0.239 e. The van der Waals surface area contributed by atoms with Crippen LogP contribution in [0, 0.1) is 11.7 Å². The van der Waals surface area contributed by atoms with E-state index in [4.69, 9.17) is 0 Å². The Morgan fingerprint density at radius 1 is 1.16 bits per heavy atom. The van der Waals surface area contributed by atoms with Gasteiger partial charge in [-0.3, -0.25) is 14.5 Å². The monoisotopic (exact) mass is 634 g/mol. The van der Waals surface area contributed by atoms with Crippen LogP contribution in [0.2, 0.25) is 0 Å². The Balaban J connectivity index is 1.28. The normalized spacial score (nSPS) is 16.5. The molecule has 11 heteroatoms. The van der Waals surface area contributed by atoms with Crippen LogP contribution in [0.1, 0.15) is 30.6 Å². The fraction of sp³-hybridized carbons (Fsp3) is 0.385. The minimum Gasteiger partial charge on any atom is -0.344 e. The SMILES string of the molecule is C[C@H](c1ccc(Br)cc1F)n1cc(CN(C)CCN(C)C(=O)C2CCN(c3cccc(Br)c3)C2=O)nn1. The van der Waals surface area contributed by atoms with Gasteiger partial charge in [-0.2, -0.15) is 0 Å². The van der Waals surface area contributed by atoms with Crippen molar-refractivity contribution in [2.75, 3.05) is 38.6 Å². The number of anilines is 1. The Bertz CT molecular complexity index is 1290. The van der Waals surface area contributed by atoms with Crippen molar-refractivity contribution in [3.05, 3.63) is 74.7 Å². The number of halogens is 3. The molecule has 0 bridgehead atoms. The molecule has 1 fully saturated rings. The van der Waals surface area contributed by atoms with Crippen LogP contribution in [0.3, 0.4) is 0 Å². The molecule has 0 saturated carbocycles. The van der Waals surface area contributed by atoms with Gasteiger partial charge in [0.15, 0.2) is 0 Å². The number of carbonyl (C=O) groups is 2. The van der Waals surface area contributed by atoms with E-state index < -0.39 is 5.92 Å². The van der Waals surface area contributed by atoms with Gasteiger partial charge in [-0.05, 0) is 50.7 Å². The Morgan fingerprint density at radius 2 is 1.92 bits per heavy atom. The van der Waals surface area contributed by atoms with E-state index in [0.717, 1.165) is 15.9 Å². The highest BCUT2D eigenvalue weighted by molar-refractivity contribution is 9.10. The standard InChI is InChI=1S/C26H29Br2FN6O2/c1-17(22-8-7-19(28)14-24(22)29)35-16-20(30-31-35)15-32(2)11-12-33(3)25(36)23-9-10-34(26(23)37)21-6-4-5-18(27)13-21/h4-8,13-14,16-17,23H,9-12,15H2,1-3H3/t17-,23?/m1/s1. The van der Waals surface area contributed by atoms with Crippen LogP contribution >= 0.6 is 31.9 Å². The Hall–Kier alpha value is -2.63. The molecule has 0 aliphatic carbocycles. The molecule has 196 valence electrons. The molecule has 1 aliphatic rings. The van der Waals surface area contributed by atoms with Crippen LogP contribution in [0.4, 0.5) is 10.1 Å². The molecule has 0 spiro atoms. The maximum Gasteiger partial charge on any atom is 0.239 e. The third-order valence-corrected chi connectivity index (χ3v) is 7.60. The van der Waals surface area contributed by atoms with Gasteiger partial charge >= 0.3 is 0 Å². The molecule has 2 amide bonds. The number of likely N-dealkylation sites (N-methyl/N-ethyl adjacent to an activating group) is 2. The van der Waals surface area contributed by atoms with Gasteiger partial charge in [0.1, 0.15) is 11.7 Å². The van der Waals surface area contributed by atoms with E-state index >= 15 is 0 Å². The Morgan fingerprint density at radius 3 is 2.65 bits per heavy atom. The van der Waals surface area contributed by atoms with Crippen molar-refractivity contribution in [3.8, 4) is 0 Å². The van der Waals surface area contributed by atoms with Crippen LogP contribution < -0.4 is 4.90 Å². The van der Waals surface area contributed by atoms with E-state index in [9.17, 15) is 14.0 Å². The third-order valence-electron chi connectivity index (χ3n) is 6.62. The summed E-state index contributed by atoms with van der Waals surface area (Å²) in [6, 6.07) is 12.2. The first-order valence-electron chi connectivity index (χ1n) is 12.0. The summed E-state index contributed by atoms with van der Waals surface area (Å²) < 4.78 is 17.6. The van der Waals surface area contributed by atoms with Crippen molar-refractivity contribution in [2.45, 2.75) is 25.9 Å². The van der Waals surface area contributed by atoms with Crippen molar-refractivity contribution in [2.24, 2.45) is 5.92 Å². The maximum atomic E-state index is 14.3. The molecular formula is C26H29Br2FN6O2. The summed E-state index contributed by atoms with van der Waals surface area (Å²) in [7, 11) is 3.67. The van der Waals surface area contributed by atoms with Gasteiger partial charge < -0.3 is 9.80 Å². The average Bonchev–Trinajstić information content (AvgIpc) is 3.48. The molecule has 37 heavy (non-hydrogen) atoms. The van der Waals surface area contributed by atoms with Gasteiger partial charge in [0.25, 0.3) is 0 Å². The summed E-state index contributed by atoms with van der Waals surface area (Å²) in [6.07, 6.45) is 2.32. The van der Waals surface area contributed by atoms with Crippen LogP contribution in [0.5, 0.6) is 0 Å². The zero-order valence-corrected chi connectivity index (χ0v) is 24.1. The summed E-state index contributed by atoms with van der Waals surface area (Å²) in [4.78, 5) is 31.3. The highest BCUT2D eigenvalue weighted by atomic mass is 79.9. The van der Waals surface area contributed by atoms with E-state index in [1.165, 1.54) is 6.07 Å². The van der Waals surface area contributed by atoms with Crippen molar-refractivity contribution in [1.82, 2.24) is 24.8 Å². The zero-order valence-electron chi connectivity index (χ0n) is 20.9. The van der Waals surface area contributed by atoms with Crippen LogP contribution in [0.15, 0.2) is 57.6 Å². The van der Waals surface area contributed by atoms with E-state index in [1.807, 2.05) is 49.3 Å². The minimum absolute atomic E-state index is 0.156. The molecule has 1 unspecified atom stereocenters. The lowest BCUT2D eigenvalue weighted by atomic mass is 10.1. The minimum atomic E-state index is -0.658. The van der Waals surface area contributed by atoms with Crippen molar-refractivity contribution >= 4 is 49.4 Å². The molecule has 2 atom stereocenters. The second-order valence-electron chi connectivity index (χ2n) is 9.34. The average molecular weight is 636 g/mol. The third kappa shape index (κ3) is 6.45. The van der Waals surface area contributed by atoms with E-state index in [1.54, 1.807) is 33.7 Å². The predicted octanol–water partition coefficient (Wildman–Crippen LogP) is 4.49. The molecular weight excluding hydrogens is 607 g/mol. The Labute approximate surface area is 232 Å². The molecule has 1 aromatic heterocycles. The number of carbonyl (C=O) groups excluding carboxylic acids is 2. The van der Waals surface area contributed by atoms with Crippen LogP contribution in [0.25, 0.3) is 0 Å². The van der Waals surface area contributed by atoms with Gasteiger partial charge in [0, 0.05) is 53.4 Å². The summed E-state index contributed by atoms with van der Waals surface area (Å²) in [5.74, 6) is -1.28. The van der Waals surface area contributed by atoms with Gasteiger partial charge in [0.2, 0.25) is 11.8 Å². The van der Waals surface area contributed by atoms with Crippen molar-refractivity contribution in [1.29, 1.82) is 0 Å². The highest BCUT2D eigenvalue weighted by Gasteiger charge is 2.39. The fourth-order valence-corrected chi connectivity index (χ4v) is 5.14. The number of rotatable bonds is 9. The zero-order chi connectivity index (χ0) is 26.7. The summed E-state index contributed by atoms with van der Waals surface area (Å²) >= 11 is 6.71. The quantitative estimate of drug-likeness (QED) is 0.324. The first-order valence-corrected chi connectivity index (χ1v) is 13.6. The lowest BCUT2D eigenvalue weighted by molar-refractivity contribution is -0.138. The number of aromatic nitrogens is 3. The number of amides is 2. The van der Waals surface area contributed by atoms with E-state index in [-0.39, 0.29) is 23.7 Å². The van der Waals surface area contributed by atoms with E-state index in [2.05, 4.69) is 42.2 Å². The molecule has 1 saturated heterocycles. The number of hydrogen-bond donors (Lipinski definition) is 0. The summed E-state index contributed by atoms with van der Waals surface area (Å²) in [6.45, 7) is 4.00. The van der Waals surface area contributed by atoms with Crippen molar-refractivity contribution in [3.63, 3.8) is 0 Å². The maximum absolute atomic E-state index is 14.3. The predicted molar refractivity (Wildman–Crippen MR) is 147 cm³/mol. The Kier molecular flexibility index (Phi) is 8.76. The lowest BCUT2D eigenvalue weighted by Gasteiger charge is -2.24. The molecule has 0 radical (unpaired) electrons. The summed E-state index contributed by atoms with van der Waals surface area (Å²) in [5, 5.41) is 8.42. The van der Waals surface area contributed by atoms with Crippen LogP contribution in [-0.2, 0) is 16.1 Å². The largest absolute Gasteiger partial charge is 0.344 e. The highest BCUT2D eigenvalue weighted by Crippen LogP contribution is 2.28. The lowest BCUT2D eigenvalue weighted by Crippen LogP contribution is -2.41. The van der Waals surface area contributed by atoms with E-state index in [0.29, 0.717) is 42.6 Å². The molecule has 4 rings (SSSR count). The summed E-state index contributed by atoms with van der Waals surface area (Å²) in [5.41, 5.74) is 2.08. The first-order chi connectivity index (χ1) is 17.6. The topological polar surface area (TPSA) is 74.6 Å². The van der Waals surface area contributed by atoms with Gasteiger partial charge in [-0.1, -0.05) is 49.2 Å². The molecule has 2 heterocycles. The second kappa shape index (κ2) is 11.8. The number of nitrogens with zero attached hydrogens (tertiary/aromatic N) is 6. The van der Waals surface area contributed by atoms with Gasteiger partial charge in [0.05, 0.1) is 17.9 Å². The molecule has 3 aromatic rings. The van der Waals surface area contributed by atoms with Crippen LogP contribution in [-0.4, -0.2) is 70.3 Å². The second-order valence-corrected chi connectivity index (χ2v) is 11.2. The van der Waals surface area contributed by atoms with Gasteiger partial charge in [-0.25, -0.2) is 9.07 Å². The molecule has 2 aromatic carbocycles. The number of benzene rings is 2. The fourth-order valence-electron chi connectivity index (χ4n) is 4.42. The molecule has 0 N–H and O–H groups in total. The van der Waals surface area contributed by atoms with Gasteiger partial charge in [-0.15, -0.1) is 5.10 Å². The van der Waals surface area contributed by atoms with Crippen molar-refractivity contribution < 1.29 is 14.0 Å². The molecule has 1 aliphatic heterocycles. The first kappa shape index (κ1) is 27.4.